The molecule has 0 radical (unpaired) electrons. The van der Waals surface area contributed by atoms with E-state index < -0.39 is 29.2 Å². The van der Waals surface area contributed by atoms with Gasteiger partial charge in [-0.1, -0.05) is 32.4 Å². The van der Waals surface area contributed by atoms with Gasteiger partial charge in [0.25, 0.3) is 5.91 Å². The van der Waals surface area contributed by atoms with Crippen LogP contribution in [0.5, 0.6) is 0 Å². The maximum atomic E-state index is 13.2. The Morgan fingerprint density at radius 1 is 1.37 bits per heavy atom. The van der Waals surface area contributed by atoms with Gasteiger partial charge in [-0.2, -0.15) is 0 Å². The van der Waals surface area contributed by atoms with Crippen molar-refractivity contribution >= 4 is 23.5 Å². The summed E-state index contributed by atoms with van der Waals surface area (Å²) in [6, 6.07) is 2.49. The van der Waals surface area contributed by atoms with Crippen LogP contribution in [0.15, 0.2) is 18.2 Å². The largest absolute Gasteiger partial charge is 0.480 e. The highest BCUT2D eigenvalue weighted by Crippen LogP contribution is 2.21. The normalized spacial score (nSPS) is 12.9. The number of hydrogen-bond donors (Lipinski definition) is 2. The molecule has 1 amide bonds. The SMILES string of the molecule is CC(C)(C)C(NC(=O)c1ccc(Cl)c(F)c1)C(=O)O. The van der Waals surface area contributed by atoms with Gasteiger partial charge in [-0.15, -0.1) is 0 Å². The van der Waals surface area contributed by atoms with E-state index in [1.807, 2.05) is 0 Å². The van der Waals surface area contributed by atoms with Gasteiger partial charge in [0.05, 0.1) is 5.02 Å². The molecule has 19 heavy (non-hydrogen) atoms. The van der Waals surface area contributed by atoms with E-state index in [1.54, 1.807) is 20.8 Å². The van der Waals surface area contributed by atoms with Crippen LogP contribution in [0.4, 0.5) is 4.39 Å². The smallest absolute Gasteiger partial charge is 0.326 e. The quantitative estimate of drug-likeness (QED) is 0.898. The third-order valence-corrected chi connectivity index (χ3v) is 2.88. The van der Waals surface area contributed by atoms with Crippen LogP contribution in [0.1, 0.15) is 31.1 Å². The first-order chi connectivity index (χ1) is 8.62. The number of nitrogens with one attached hydrogen (secondary N) is 1. The lowest BCUT2D eigenvalue weighted by Crippen LogP contribution is -2.49. The first-order valence-electron chi connectivity index (χ1n) is 5.61. The summed E-state index contributed by atoms with van der Waals surface area (Å²) < 4.78 is 13.2. The van der Waals surface area contributed by atoms with E-state index in [9.17, 15) is 14.0 Å². The molecule has 0 saturated heterocycles. The first-order valence-corrected chi connectivity index (χ1v) is 5.99. The summed E-state index contributed by atoms with van der Waals surface area (Å²) in [5.74, 6) is -2.52. The van der Waals surface area contributed by atoms with Crippen LogP contribution in [-0.4, -0.2) is 23.0 Å². The van der Waals surface area contributed by atoms with E-state index in [4.69, 9.17) is 16.7 Å². The van der Waals surface area contributed by atoms with Gasteiger partial charge in [0, 0.05) is 5.56 Å². The summed E-state index contributed by atoms with van der Waals surface area (Å²) in [5, 5.41) is 11.4. The molecule has 104 valence electrons. The van der Waals surface area contributed by atoms with Crippen molar-refractivity contribution < 1.29 is 19.1 Å². The van der Waals surface area contributed by atoms with Crippen LogP contribution in [0.25, 0.3) is 0 Å². The molecule has 0 heterocycles. The average Bonchev–Trinajstić information content (AvgIpc) is 2.27. The highest BCUT2D eigenvalue weighted by atomic mass is 35.5. The van der Waals surface area contributed by atoms with Crippen molar-refractivity contribution in [2.75, 3.05) is 0 Å². The summed E-state index contributed by atoms with van der Waals surface area (Å²) in [6.07, 6.45) is 0. The predicted molar refractivity (Wildman–Crippen MR) is 69.8 cm³/mol. The highest BCUT2D eigenvalue weighted by Gasteiger charge is 2.32. The second-order valence-electron chi connectivity index (χ2n) is 5.24. The molecule has 0 bridgehead atoms. The zero-order valence-electron chi connectivity index (χ0n) is 10.8. The zero-order valence-corrected chi connectivity index (χ0v) is 11.6. The number of benzene rings is 1. The summed E-state index contributed by atoms with van der Waals surface area (Å²) in [6.45, 7) is 5.07. The number of carboxylic acid groups (broad SMARTS) is 1. The molecule has 1 aromatic carbocycles. The Labute approximate surface area is 115 Å². The number of aliphatic carboxylic acids is 1. The standard InChI is InChI=1S/C13H15ClFNO3/c1-13(2,3)10(12(18)19)16-11(17)7-4-5-8(14)9(15)6-7/h4-6,10H,1-3H3,(H,16,17)(H,18,19). The molecule has 0 aliphatic rings. The molecule has 0 aliphatic carbocycles. The molecule has 1 aromatic rings. The van der Waals surface area contributed by atoms with Crippen LogP contribution in [-0.2, 0) is 4.79 Å². The first kappa shape index (κ1) is 15.4. The summed E-state index contributed by atoms with van der Waals surface area (Å²) in [4.78, 5) is 23.0. The molecule has 0 spiro atoms. The van der Waals surface area contributed by atoms with Crippen molar-refractivity contribution in [3.05, 3.63) is 34.6 Å². The number of rotatable bonds is 3. The predicted octanol–water partition coefficient (Wildman–Crippen LogP) is 2.71. The third-order valence-electron chi connectivity index (χ3n) is 2.57. The van der Waals surface area contributed by atoms with E-state index in [0.29, 0.717) is 0 Å². The molecule has 0 saturated carbocycles. The highest BCUT2D eigenvalue weighted by molar-refractivity contribution is 6.30. The summed E-state index contributed by atoms with van der Waals surface area (Å²) in [5.41, 5.74) is -0.635. The van der Waals surface area contributed by atoms with E-state index in [2.05, 4.69) is 5.32 Å². The molecule has 1 atom stereocenters. The second-order valence-corrected chi connectivity index (χ2v) is 5.65. The average molecular weight is 288 g/mol. The number of amides is 1. The number of carbonyl (C=O) groups is 2. The van der Waals surface area contributed by atoms with Crippen molar-refractivity contribution in [3.8, 4) is 0 Å². The lowest BCUT2D eigenvalue weighted by molar-refractivity contribution is -0.142. The Hall–Kier alpha value is -1.62. The zero-order chi connectivity index (χ0) is 14.8. The molecular formula is C13H15ClFNO3. The number of halogens is 2. The molecule has 2 N–H and O–H groups in total. The lowest BCUT2D eigenvalue weighted by atomic mass is 9.86. The lowest BCUT2D eigenvalue weighted by Gasteiger charge is -2.27. The van der Waals surface area contributed by atoms with E-state index >= 15 is 0 Å². The van der Waals surface area contributed by atoms with Gasteiger partial charge in [0.1, 0.15) is 11.9 Å². The monoisotopic (exact) mass is 287 g/mol. The van der Waals surface area contributed by atoms with Crippen molar-refractivity contribution in [3.63, 3.8) is 0 Å². The van der Waals surface area contributed by atoms with Crippen molar-refractivity contribution in [1.82, 2.24) is 5.32 Å². The summed E-state index contributed by atoms with van der Waals surface area (Å²) in [7, 11) is 0. The van der Waals surface area contributed by atoms with Gasteiger partial charge >= 0.3 is 5.97 Å². The topological polar surface area (TPSA) is 66.4 Å². The van der Waals surface area contributed by atoms with Crippen LogP contribution >= 0.6 is 11.6 Å². The van der Waals surface area contributed by atoms with Crippen LogP contribution < -0.4 is 5.32 Å². The van der Waals surface area contributed by atoms with Crippen molar-refractivity contribution in [1.29, 1.82) is 0 Å². The Bertz CT molecular complexity index is 511. The summed E-state index contributed by atoms with van der Waals surface area (Å²) >= 11 is 5.51. The minimum absolute atomic E-state index is 0.0254. The Morgan fingerprint density at radius 3 is 2.37 bits per heavy atom. The van der Waals surface area contributed by atoms with Gasteiger partial charge in [-0.3, -0.25) is 4.79 Å². The van der Waals surface area contributed by atoms with Crippen molar-refractivity contribution in [2.45, 2.75) is 26.8 Å². The number of carboxylic acids is 1. The minimum Gasteiger partial charge on any atom is -0.480 e. The van der Waals surface area contributed by atoms with Gasteiger partial charge in [-0.05, 0) is 23.6 Å². The molecule has 0 aromatic heterocycles. The Balaban J connectivity index is 2.94. The van der Waals surface area contributed by atoms with Gasteiger partial charge in [0.15, 0.2) is 0 Å². The molecule has 0 fully saturated rings. The van der Waals surface area contributed by atoms with Crippen molar-refractivity contribution in [2.24, 2.45) is 5.41 Å². The van der Waals surface area contributed by atoms with Crippen LogP contribution in [0, 0.1) is 11.2 Å². The van der Waals surface area contributed by atoms with E-state index in [0.717, 1.165) is 6.07 Å². The Kier molecular flexibility index (Phi) is 4.52. The number of carbonyl (C=O) groups excluding carboxylic acids is 1. The van der Waals surface area contributed by atoms with Gasteiger partial charge < -0.3 is 10.4 Å². The number of hydrogen-bond acceptors (Lipinski definition) is 2. The van der Waals surface area contributed by atoms with Crippen LogP contribution in [0.2, 0.25) is 5.02 Å². The molecule has 0 aliphatic heterocycles. The fourth-order valence-electron chi connectivity index (χ4n) is 1.50. The van der Waals surface area contributed by atoms with Gasteiger partial charge in [0.2, 0.25) is 0 Å². The molecule has 6 heteroatoms. The molecule has 1 rings (SSSR count). The van der Waals surface area contributed by atoms with Crippen LogP contribution in [0.3, 0.4) is 0 Å². The van der Waals surface area contributed by atoms with E-state index in [1.165, 1.54) is 12.1 Å². The minimum atomic E-state index is -1.14. The second kappa shape index (κ2) is 5.57. The fraction of sp³-hybridized carbons (Fsp3) is 0.385. The maximum absolute atomic E-state index is 13.2. The molecule has 1 unspecified atom stereocenters. The third kappa shape index (κ3) is 3.92. The molecular weight excluding hydrogens is 273 g/mol. The van der Waals surface area contributed by atoms with Gasteiger partial charge in [-0.25, -0.2) is 9.18 Å². The fourth-order valence-corrected chi connectivity index (χ4v) is 1.62. The Morgan fingerprint density at radius 2 is 1.95 bits per heavy atom. The molecule has 4 nitrogen and oxygen atoms in total. The maximum Gasteiger partial charge on any atom is 0.326 e. The van der Waals surface area contributed by atoms with E-state index in [-0.39, 0.29) is 10.6 Å².